The highest BCUT2D eigenvalue weighted by molar-refractivity contribution is 5.92. The molecule has 16 aromatic rings. The number of anilines is 9. The lowest BCUT2D eigenvalue weighted by Crippen LogP contribution is -2.53. The lowest BCUT2D eigenvalue weighted by Gasteiger charge is -2.46. The number of hydrogen-bond donors (Lipinski definition) is 5. The minimum atomic E-state index is -2.78. The Morgan fingerprint density at radius 2 is 0.845 bits per heavy atom. The van der Waals surface area contributed by atoms with Crippen LogP contribution in [0.25, 0.3) is 124 Å². The van der Waals surface area contributed by atoms with Gasteiger partial charge in [0, 0.05) is 164 Å². The molecule has 1 atom stereocenters. The lowest BCUT2D eigenvalue weighted by molar-refractivity contribution is -0.0532. The van der Waals surface area contributed by atoms with Crippen LogP contribution in [0.5, 0.6) is 5.75 Å². The van der Waals surface area contributed by atoms with Gasteiger partial charge in [-0.25, -0.2) is 128 Å². The molecule has 12 aliphatic heterocycles. The number of nitriles is 1. The quantitative estimate of drug-likeness (QED) is 0.0715. The van der Waals surface area contributed by atoms with E-state index in [0.717, 1.165) is 177 Å². The molecular weight excluding hydrogens is 1900 g/mol. The van der Waals surface area contributed by atoms with E-state index < -0.39 is 40.7 Å². The third-order valence-corrected chi connectivity index (χ3v) is 29.8. The fourth-order valence-corrected chi connectivity index (χ4v) is 21.8. The largest absolute Gasteiger partial charge is 0.487 e. The summed E-state index contributed by atoms with van der Waals surface area (Å²) in [7, 11) is 0. The van der Waals surface area contributed by atoms with Crippen LogP contribution < -0.4 is 52.2 Å². The molecule has 9 fully saturated rings. The number of alkyl halides is 2. The van der Waals surface area contributed by atoms with Crippen molar-refractivity contribution in [2.45, 2.75) is 207 Å². The molecule has 7 saturated heterocycles. The van der Waals surface area contributed by atoms with Crippen molar-refractivity contribution in [2.24, 2.45) is 23.2 Å². The Morgan fingerprint density at radius 3 is 1.28 bits per heavy atom. The number of fused-ring (bicyclic) bond motifs is 18. The van der Waals surface area contributed by atoms with E-state index in [1.54, 1.807) is 54.5 Å². The van der Waals surface area contributed by atoms with Gasteiger partial charge in [0.25, 0.3) is 5.92 Å². The van der Waals surface area contributed by atoms with E-state index in [9.17, 15) is 18.4 Å². The zero-order valence-electron chi connectivity index (χ0n) is 84.3. The van der Waals surface area contributed by atoms with Crippen LogP contribution in [0.1, 0.15) is 151 Å². The maximum Gasteiger partial charge on any atom is 0.266 e. The number of rotatable bonds is 13. The third-order valence-electron chi connectivity index (χ3n) is 29.8. The number of halogens is 3. The second kappa shape index (κ2) is 35.9. The summed E-state index contributed by atoms with van der Waals surface area (Å²) in [6.07, 6.45) is 19.4. The summed E-state index contributed by atoms with van der Waals surface area (Å²) in [5, 5.41) is 9.21. The van der Waals surface area contributed by atoms with Crippen molar-refractivity contribution in [1.82, 2.24) is 142 Å². The molecule has 28 heterocycles. The van der Waals surface area contributed by atoms with Gasteiger partial charge in [0.15, 0.2) is 143 Å². The van der Waals surface area contributed by atoms with Crippen molar-refractivity contribution in [3.8, 4) is 68.8 Å². The van der Waals surface area contributed by atoms with E-state index in [1.807, 2.05) is 79.9 Å². The Kier molecular flexibility index (Phi) is 23.1. The molecule has 2 aliphatic carbocycles. The van der Waals surface area contributed by atoms with Gasteiger partial charge in [-0.2, -0.15) is 5.26 Å². The van der Waals surface area contributed by atoms with E-state index in [2.05, 4.69) is 103 Å². The summed E-state index contributed by atoms with van der Waals surface area (Å²) in [5.74, 6) is 9.86. The molecule has 0 radical (unpaired) electrons. The third kappa shape index (κ3) is 17.2. The van der Waals surface area contributed by atoms with Crippen molar-refractivity contribution in [3.05, 3.63) is 103 Å². The van der Waals surface area contributed by atoms with Crippen LogP contribution >= 0.6 is 0 Å². The van der Waals surface area contributed by atoms with Crippen LogP contribution in [0, 0.1) is 40.3 Å². The zero-order valence-corrected chi connectivity index (χ0v) is 84.3. The predicted molar refractivity (Wildman–Crippen MR) is 543 cm³/mol. The average Bonchev–Trinajstić information content (AvgIpc) is 1.57. The number of hydrogen-bond acceptors (Lipinski definition) is 39. The SMILES string of the molecule is CC1(C)CN(c2nc(-c3cnc(N)nc3)nc3c2nc2n3CCOC2(C)C)C1.CC1(C)OCCn2c1nc1c(N3CC(C#N)C3)nc(-c3cnc4nc[nH]c4c3)nc12.CC1(C)OCCn2c1nc1c(N3CC4CC3C4)nc(-c3cnc(N)c(F)c3)nc12.CCC(C)Oc1cc(-c2nc(N3CCC(F)(F)C3)c3nc4n(c3n2)CCOC4(C)C)cnc1N.Nc1ncc(-c2nc(N3CC4CC3C4)c3nc4n(c3n2)CCOCC4)cn1. The second-order valence-electron chi connectivity index (χ2n) is 42.8. The van der Waals surface area contributed by atoms with Gasteiger partial charge in [-0.15, -0.1) is 0 Å². The molecule has 148 heavy (non-hydrogen) atoms. The van der Waals surface area contributed by atoms with Gasteiger partial charge >= 0.3 is 0 Å². The number of nitrogens with zero attached hydrogens (tertiary/aromatic N) is 34. The highest BCUT2D eigenvalue weighted by Crippen LogP contribution is 2.50. The number of aromatic nitrogens is 29. The van der Waals surface area contributed by atoms with Gasteiger partial charge in [0.2, 0.25) is 11.9 Å². The van der Waals surface area contributed by atoms with Crippen molar-refractivity contribution in [2.75, 3.05) is 139 Å². The second-order valence-corrected chi connectivity index (χ2v) is 42.8. The molecule has 16 aromatic heterocycles. The predicted octanol–water partition coefficient (Wildman–Crippen LogP) is 11.2. The Labute approximate surface area is 846 Å². The highest BCUT2D eigenvalue weighted by Gasteiger charge is 2.49. The Morgan fingerprint density at radius 1 is 0.439 bits per heavy atom. The molecule has 45 nitrogen and oxygen atoms in total. The average molecular weight is 2020 g/mol. The van der Waals surface area contributed by atoms with Crippen LogP contribution in [0.4, 0.5) is 65.8 Å². The van der Waals surface area contributed by atoms with Gasteiger partial charge < -0.3 is 104 Å². The number of pyridine rings is 3. The summed E-state index contributed by atoms with van der Waals surface area (Å²) in [6.45, 7) is 36.5. The van der Waals surface area contributed by atoms with Crippen molar-refractivity contribution < 1.29 is 41.6 Å². The number of nitrogen functional groups attached to an aromatic ring is 4. The van der Waals surface area contributed by atoms with Crippen LogP contribution in [0.3, 0.4) is 0 Å². The van der Waals surface area contributed by atoms with Crippen LogP contribution in [-0.4, -0.2) is 259 Å². The molecule has 30 rings (SSSR count). The maximum absolute atomic E-state index is 14.1. The van der Waals surface area contributed by atoms with Crippen LogP contribution in [0.15, 0.2) is 67.9 Å². The van der Waals surface area contributed by atoms with Gasteiger partial charge in [-0.1, -0.05) is 20.8 Å². The molecule has 766 valence electrons. The molecule has 9 N–H and O–H groups in total. The molecule has 2 saturated carbocycles. The number of nitrogens with one attached hydrogen (secondary N) is 1. The summed E-state index contributed by atoms with van der Waals surface area (Å²) >= 11 is 0. The number of aromatic amines is 1. The fraction of sp³-hybridized carbons (Fsp3) is 0.500. The van der Waals surface area contributed by atoms with Crippen LogP contribution in [-0.2, 0) is 85.2 Å². The summed E-state index contributed by atoms with van der Waals surface area (Å²) < 4.78 is 88.2. The van der Waals surface area contributed by atoms with Crippen molar-refractivity contribution in [3.63, 3.8) is 0 Å². The molecule has 14 aliphatic rings. The first-order chi connectivity index (χ1) is 71.0. The summed E-state index contributed by atoms with van der Waals surface area (Å²) in [5.41, 5.74) is 33.5. The van der Waals surface area contributed by atoms with Gasteiger partial charge in [0.05, 0.1) is 87.2 Å². The molecular formula is C100H114F3N39O6. The smallest absolute Gasteiger partial charge is 0.266 e. The van der Waals surface area contributed by atoms with Gasteiger partial charge in [-0.3, -0.25) is 0 Å². The van der Waals surface area contributed by atoms with Crippen molar-refractivity contribution >= 4 is 120 Å². The highest BCUT2D eigenvalue weighted by atomic mass is 19.3. The van der Waals surface area contributed by atoms with Gasteiger partial charge in [0.1, 0.15) is 51.5 Å². The van der Waals surface area contributed by atoms with E-state index in [0.29, 0.717) is 159 Å². The molecule has 4 bridgehead atoms. The number of imidazole rings is 6. The maximum atomic E-state index is 14.1. The molecule has 0 spiro atoms. The zero-order chi connectivity index (χ0) is 102. The standard InChI is InChI=1S/C23H29F2N7O2.C20H22FN7O.C20H19N9O.C19H24N8O.C18H20N8O/c1-5-13(2)34-15-10-14(11-27-17(15)26)18-29-19(31-7-6-23(24,25)12-31)16-20(30-18)32-8-9-33-22(3,4)21(32)28-16;1-20(2)19-24-14-17(27(19)3-4-29-20)25-16(11-7-13(21)15(22)23-8-11)26-18(14)28-9-10-5-12(28)6-10;1-20(2)19-25-14-17(28-8-11(6-21)9-28)26-15(27-18(14)29(19)3-4-30-20)12-5-13-16(22-7-12)24-10-23-13;1-18(2)9-26(10-18)14-12-15(27-5-6-28-19(3,4)16(27)23-12)25-13(24-14)11-7-21-17(20)22-8-11;19-18-20-7-11(8-21-18)15-23-16-14(22-13-1-3-27-4-2-25(13)16)17(24-15)26-9-10-5-12(26)6-10/h10-11,13H,5-9,12H2,1-4H3,(H2,26,27);7-8,10,12H,3-6,9H2,1-2H3,(H2,22,23);5,7,10-11H,3-4,8-9H2,1-2H3,(H,22,23,24);7-8H,5-6,9-10H2,1-4H3,(H2,20,21,22);7-8,10,12H,1-6,9H2,(H2,19,20,21). The Bertz CT molecular complexity index is 7960. The van der Waals surface area contributed by atoms with E-state index >= 15 is 0 Å². The molecule has 48 heteroatoms. The fourth-order valence-electron chi connectivity index (χ4n) is 21.8. The monoisotopic (exact) mass is 2010 g/mol. The number of nitrogens with two attached hydrogens (primary N) is 4. The Hall–Kier alpha value is -15.1. The molecule has 1 unspecified atom stereocenters. The normalized spacial score (nSPS) is 21.3. The first-order valence-electron chi connectivity index (χ1n) is 50.4. The molecule has 0 aromatic carbocycles. The first-order valence-corrected chi connectivity index (χ1v) is 50.4. The lowest BCUT2D eigenvalue weighted by atomic mass is 9.84. The van der Waals surface area contributed by atoms with E-state index in [4.69, 9.17) is 126 Å². The minimum Gasteiger partial charge on any atom is -0.487 e. The van der Waals surface area contributed by atoms with Gasteiger partial charge in [-0.05, 0) is 130 Å². The van der Waals surface area contributed by atoms with Crippen LogP contribution in [0.2, 0.25) is 0 Å². The van der Waals surface area contributed by atoms with E-state index in [1.165, 1.54) is 37.9 Å². The first kappa shape index (κ1) is 95.1. The summed E-state index contributed by atoms with van der Waals surface area (Å²) in [4.78, 5) is 120. The molecule has 0 amide bonds. The minimum absolute atomic E-state index is 0.0125. The number of ether oxygens (including phenoxy) is 6. The topological polar surface area (TPSA) is 536 Å². The van der Waals surface area contributed by atoms with E-state index in [-0.39, 0.29) is 53.9 Å². The summed E-state index contributed by atoms with van der Waals surface area (Å²) in [6, 6.07) is 8.44. The van der Waals surface area contributed by atoms with Crippen molar-refractivity contribution in [1.29, 1.82) is 5.26 Å². The Balaban J connectivity index is 0.0000000990. The number of H-pyrrole nitrogens is 1.